The normalized spacial score (nSPS) is 16.0. The molecule has 0 atom stereocenters. The first-order valence-corrected chi connectivity index (χ1v) is 10.6. The molecule has 1 aliphatic rings. The summed E-state index contributed by atoms with van der Waals surface area (Å²) >= 11 is 0. The first-order chi connectivity index (χ1) is 12.6. The highest BCUT2D eigenvalue weighted by molar-refractivity contribution is 7.89. The van der Waals surface area contributed by atoms with Crippen LogP contribution in [0.25, 0.3) is 0 Å². The Morgan fingerprint density at radius 2 is 1.88 bits per heavy atom. The van der Waals surface area contributed by atoms with Crippen molar-refractivity contribution in [1.29, 1.82) is 0 Å². The minimum atomic E-state index is -3.35. The van der Waals surface area contributed by atoms with Gasteiger partial charge in [0, 0.05) is 39.9 Å². The molecule has 0 radical (unpaired) electrons. The van der Waals surface area contributed by atoms with Gasteiger partial charge in [-0.15, -0.1) is 0 Å². The van der Waals surface area contributed by atoms with Gasteiger partial charge in [0.15, 0.2) is 5.96 Å². The fraction of sp³-hybridized carbons (Fsp3) is 0.611. The van der Waals surface area contributed by atoms with Crippen molar-refractivity contribution < 1.29 is 13.2 Å². The largest absolute Gasteiger partial charge is 0.385 e. The molecule has 0 aromatic heterocycles. The molecule has 0 amide bonds. The van der Waals surface area contributed by atoms with Gasteiger partial charge in [-0.05, 0) is 43.9 Å². The number of hydrogen-bond acceptors (Lipinski definition) is 4. The number of nitrogens with zero attached hydrogens (tertiary/aromatic N) is 2. The average Bonchev–Trinajstić information content (AvgIpc) is 3.19. The summed E-state index contributed by atoms with van der Waals surface area (Å²) in [4.78, 5) is 4.90. The Kier molecular flexibility index (Phi) is 8.34. The average molecular weight is 383 g/mol. The van der Waals surface area contributed by atoms with Gasteiger partial charge in [-0.1, -0.05) is 12.1 Å². The highest BCUT2D eigenvalue weighted by atomic mass is 32.2. The number of sulfonamides is 1. The maximum atomic E-state index is 12.5. The molecule has 8 heteroatoms. The standard InChI is InChI=1S/C18H30N4O3S/c1-3-19-18(20-11-6-14-25-2)21-15-16-7-9-17(10-8-16)26(23,24)22-12-4-5-13-22/h7-10H,3-6,11-15H2,1-2H3,(H2,19,20,21). The predicted molar refractivity (Wildman–Crippen MR) is 104 cm³/mol. The zero-order valence-electron chi connectivity index (χ0n) is 15.7. The van der Waals surface area contributed by atoms with Crippen LogP contribution in [0.1, 0.15) is 31.7 Å². The van der Waals surface area contributed by atoms with Gasteiger partial charge in [0.1, 0.15) is 0 Å². The highest BCUT2D eigenvalue weighted by Gasteiger charge is 2.26. The first kappa shape index (κ1) is 20.7. The third-order valence-corrected chi connectivity index (χ3v) is 6.12. The second-order valence-corrected chi connectivity index (χ2v) is 8.16. The number of methoxy groups -OCH3 is 1. The molecule has 1 heterocycles. The first-order valence-electron chi connectivity index (χ1n) is 9.18. The Labute approximate surface area is 156 Å². The van der Waals surface area contributed by atoms with Gasteiger partial charge in [-0.3, -0.25) is 0 Å². The van der Waals surface area contributed by atoms with Crippen molar-refractivity contribution in [3.05, 3.63) is 29.8 Å². The van der Waals surface area contributed by atoms with E-state index in [4.69, 9.17) is 4.74 Å². The molecular formula is C18H30N4O3S. The summed E-state index contributed by atoms with van der Waals surface area (Å²) in [6.45, 7) is 6.02. The molecular weight excluding hydrogens is 352 g/mol. The highest BCUT2D eigenvalue weighted by Crippen LogP contribution is 2.21. The second kappa shape index (κ2) is 10.5. The van der Waals surface area contributed by atoms with Crippen molar-refractivity contribution in [3.8, 4) is 0 Å². The van der Waals surface area contributed by atoms with E-state index in [0.717, 1.165) is 43.9 Å². The SMILES string of the molecule is CCNC(=NCc1ccc(S(=O)(=O)N2CCCC2)cc1)NCCCOC. The molecule has 7 nitrogen and oxygen atoms in total. The van der Waals surface area contributed by atoms with Crippen LogP contribution in [0.5, 0.6) is 0 Å². The lowest BCUT2D eigenvalue weighted by Gasteiger charge is -2.15. The van der Waals surface area contributed by atoms with Crippen LogP contribution in [0.2, 0.25) is 0 Å². The summed E-state index contributed by atoms with van der Waals surface area (Å²) in [7, 11) is -1.66. The van der Waals surface area contributed by atoms with Crippen LogP contribution in [0.3, 0.4) is 0 Å². The zero-order valence-corrected chi connectivity index (χ0v) is 16.5. The summed E-state index contributed by atoms with van der Waals surface area (Å²) < 4.78 is 31.7. The molecule has 1 fully saturated rings. The van der Waals surface area contributed by atoms with Gasteiger partial charge >= 0.3 is 0 Å². The summed E-state index contributed by atoms with van der Waals surface area (Å²) in [6.07, 6.45) is 2.79. The minimum Gasteiger partial charge on any atom is -0.385 e. The Hall–Kier alpha value is -1.64. The van der Waals surface area contributed by atoms with E-state index in [-0.39, 0.29) is 0 Å². The van der Waals surface area contributed by atoms with Crippen molar-refractivity contribution >= 4 is 16.0 Å². The summed E-state index contributed by atoms with van der Waals surface area (Å²) in [5.74, 6) is 0.748. The van der Waals surface area contributed by atoms with Crippen LogP contribution in [0, 0.1) is 0 Å². The van der Waals surface area contributed by atoms with Crippen LogP contribution in [0.15, 0.2) is 34.2 Å². The molecule has 1 aromatic carbocycles. The Morgan fingerprint density at radius 3 is 2.50 bits per heavy atom. The van der Waals surface area contributed by atoms with Crippen LogP contribution >= 0.6 is 0 Å². The molecule has 1 aliphatic heterocycles. The molecule has 2 N–H and O–H groups in total. The fourth-order valence-electron chi connectivity index (χ4n) is 2.78. The Bertz CT molecular complexity index is 668. The van der Waals surface area contributed by atoms with Gasteiger partial charge in [0.2, 0.25) is 10.0 Å². The third kappa shape index (κ3) is 5.96. The van der Waals surface area contributed by atoms with Crippen LogP contribution < -0.4 is 10.6 Å². The molecule has 0 unspecified atom stereocenters. The maximum Gasteiger partial charge on any atom is 0.243 e. The van der Waals surface area contributed by atoms with E-state index >= 15 is 0 Å². The van der Waals surface area contributed by atoms with Gasteiger partial charge in [0.05, 0.1) is 11.4 Å². The molecule has 0 aliphatic carbocycles. The molecule has 146 valence electrons. The zero-order chi connectivity index (χ0) is 18.8. The van der Waals surface area contributed by atoms with Crippen LogP contribution in [-0.4, -0.2) is 58.6 Å². The lowest BCUT2D eigenvalue weighted by molar-refractivity contribution is 0.195. The number of ether oxygens (including phenoxy) is 1. The Balaban J connectivity index is 1.96. The van der Waals surface area contributed by atoms with Crippen LogP contribution in [0.4, 0.5) is 0 Å². The Morgan fingerprint density at radius 1 is 1.19 bits per heavy atom. The van der Waals surface area contributed by atoms with E-state index in [2.05, 4.69) is 15.6 Å². The molecule has 1 aromatic rings. The van der Waals surface area contributed by atoms with E-state index in [1.807, 2.05) is 19.1 Å². The minimum absolute atomic E-state index is 0.358. The van der Waals surface area contributed by atoms with Crippen molar-refractivity contribution in [2.75, 3.05) is 39.9 Å². The van der Waals surface area contributed by atoms with Crippen molar-refractivity contribution in [2.24, 2.45) is 4.99 Å². The topological polar surface area (TPSA) is 83.0 Å². The smallest absolute Gasteiger partial charge is 0.243 e. The lowest BCUT2D eigenvalue weighted by atomic mass is 10.2. The number of aliphatic imine (C=N–C) groups is 1. The van der Waals surface area contributed by atoms with E-state index in [0.29, 0.717) is 31.1 Å². The van der Waals surface area contributed by atoms with Gasteiger partial charge in [-0.25, -0.2) is 13.4 Å². The number of rotatable bonds is 9. The van der Waals surface area contributed by atoms with Gasteiger partial charge < -0.3 is 15.4 Å². The van der Waals surface area contributed by atoms with Crippen molar-refractivity contribution in [1.82, 2.24) is 14.9 Å². The monoisotopic (exact) mass is 382 g/mol. The summed E-state index contributed by atoms with van der Waals surface area (Å²) in [5, 5.41) is 6.45. The van der Waals surface area contributed by atoms with Crippen molar-refractivity contribution in [3.63, 3.8) is 0 Å². The van der Waals surface area contributed by atoms with E-state index in [1.165, 1.54) is 0 Å². The van der Waals surface area contributed by atoms with E-state index < -0.39 is 10.0 Å². The second-order valence-electron chi connectivity index (χ2n) is 6.22. The van der Waals surface area contributed by atoms with Crippen molar-refractivity contribution in [2.45, 2.75) is 37.6 Å². The van der Waals surface area contributed by atoms with Crippen LogP contribution in [-0.2, 0) is 21.3 Å². The molecule has 0 saturated carbocycles. The number of hydrogen-bond donors (Lipinski definition) is 2. The van der Waals surface area contributed by atoms with Gasteiger partial charge in [-0.2, -0.15) is 4.31 Å². The molecule has 0 spiro atoms. The maximum absolute atomic E-state index is 12.5. The third-order valence-electron chi connectivity index (χ3n) is 4.21. The van der Waals surface area contributed by atoms with E-state index in [1.54, 1.807) is 23.5 Å². The summed E-state index contributed by atoms with van der Waals surface area (Å²) in [6, 6.07) is 7.02. The van der Waals surface area contributed by atoms with E-state index in [9.17, 15) is 8.42 Å². The molecule has 2 rings (SSSR count). The molecule has 1 saturated heterocycles. The van der Waals surface area contributed by atoms with Gasteiger partial charge in [0.25, 0.3) is 0 Å². The number of guanidine groups is 1. The fourth-order valence-corrected chi connectivity index (χ4v) is 4.30. The number of benzene rings is 1. The quantitative estimate of drug-likeness (QED) is 0.385. The number of nitrogens with one attached hydrogen (secondary N) is 2. The molecule has 0 bridgehead atoms. The predicted octanol–water partition coefficient (Wildman–Crippen LogP) is 1.56. The lowest BCUT2D eigenvalue weighted by Crippen LogP contribution is -2.38. The summed E-state index contributed by atoms with van der Waals surface area (Å²) in [5.41, 5.74) is 0.972. The molecule has 26 heavy (non-hydrogen) atoms.